The second-order valence-electron chi connectivity index (χ2n) is 12.8. The standard InChI is InChI=1S/C30H49N9O7/c1-18(2)12-21(27(31)42)34-29(44)23-17-46-16-20-14-33-37-39(20)11-6-5-9-25(40)32-15-26(41)38-10-7-8-24(38)30(45)35-22(13-19(3)4)28(43)36-23/h14,18-19,21-24H,5-13,15-17H2,1-4H3,(H2,31,42)(H,32,40)(H,34,44)(H,35,45)(H,36,43)/t21-,22-,23-,24-/m0/s1. The first-order valence-corrected chi connectivity index (χ1v) is 16.1. The van der Waals surface area contributed by atoms with E-state index < -0.39 is 47.8 Å². The Labute approximate surface area is 269 Å². The van der Waals surface area contributed by atoms with E-state index in [1.165, 1.54) is 11.1 Å². The Kier molecular flexibility index (Phi) is 13.9. The highest BCUT2D eigenvalue weighted by Gasteiger charge is 2.37. The van der Waals surface area contributed by atoms with Gasteiger partial charge in [0.15, 0.2) is 0 Å². The summed E-state index contributed by atoms with van der Waals surface area (Å²) < 4.78 is 7.49. The minimum atomic E-state index is -1.23. The van der Waals surface area contributed by atoms with Crippen LogP contribution in [-0.4, -0.2) is 99.2 Å². The smallest absolute Gasteiger partial charge is 0.245 e. The zero-order valence-electron chi connectivity index (χ0n) is 27.3. The van der Waals surface area contributed by atoms with Crippen molar-refractivity contribution in [1.82, 2.24) is 41.2 Å². The summed E-state index contributed by atoms with van der Waals surface area (Å²) in [5, 5.41) is 18.8. The Morgan fingerprint density at radius 2 is 1.80 bits per heavy atom. The van der Waals surface area contributed by atoms with Crippen molar-refractivity contribution in [1.29, 1.82) is 0 Å². The normalized spacial score (nSPS) is 23.4. The number of aromatic nitrogens is 3. The quantitative estimate of drug-likeness (QED) is 0.248. The summed E-state index contributed by atoms with van der Waals surface area (Å²) in [5.74, 6) is -3.09. The number of hydrogen-bond acceptors (Lipinski definition) is 9. The third-order valence-electron chi connectivity index (χ3n) is 7.91. The van der Waals surface area contributed by atoms with E-state index in [0.29, 0.717) is 50.9 Å². The molecule has 0 unspecified atom stereocenters. The molecule has 3 heterocycles. The van der Waals surface area contributed by atoms with Crippen LogP contribution in [0.15, 0.2) is 6.20 Å². The number of primary amides is 1. The number of amides is 6. The van der Waals surface area contributed by atoms with Crippen LogP contribution < -0.4 is 27.0 Å². The minimum absolute atomic E-state index is 0.0105. The van der Waals surface area contributed by atoms with Gasteiger partial charge < -0.3 is 36.6 Å². The Hall–Kier alpha value is -4.08. The summed E-state index contributed by atoms with van der Waals surface area (Å²) >= 11 is 0. The zero-order valence-corrected chi connectivity index (χ0v) is 27.3. The van der Waals surface area contributed by atoms with Crippen molar-refractivity contribution in [3.05, 3.63) is 11.9 Å². The predicted molar refractivity (Wildman–Crippen MR) is 165 cm³/mol. The van der Waals surface area contributed by atoms with Crippen molar-refractivity contribution in [2.75, 3.05) is 19.7 Å². The highest BCUT2D eigenvalue weighted by molar-refractivity contribution is 5.96. The molecule has 256 valence electrons. The minimum Gasteiger partial charge on any atom is -0.372 e. The molecule has 16 heteroatoms. The van der Waals surface area contributed by atoms with Crippen LogP contribution in [0.5, 0.6) is 0 Å². The van der Waals surface area contributed by atoms with Crippen molar-refractivity contribution in [3.8, 4) is 0 Å². The third-order valence-corrected chi connectivity index (χ3v) is 7.91. The molecule has 4 atom stereocenters. The largest absolute Gasteiger partial charge is 0.372 e. The van der Waals surface area contributed by atoms with Crippen molar-refractivity contribution in [3.63, 3.8) is 0 Å². The Morgan fingerprint density at radius 3 is 2.50 bits per heavy atom. The molecule has 0 aliphatic carbocycles. The van der Waals surface area contributed by atoms with Gasteiger partial charge in [0.1, 0.15) is 24.2 Å². The van der Waals surface area contributed by atoms with E-state index in [1.807, 2.05) is 27.7 Å². The van der Waals surface area contributed by atoms with Gasteiger partial charge in [-0.05, 0) is 50.4 Å². The van der Waals surface area contributed by atoms with Gasteiger partial charge in [0, 0.05) is 19.5 Å². The number of carbonyl (C=O) groups is 6. The molecule has 2 aliphatic heterocycles. The lowest BCUT2D eigenvalue weighted by Gasteiger charge is -2.28. The lowest BCUT2D eigenvalue weighted by atomic mass is 10.0. The molecule has 0 aromatic carbocycles. The summed E-state index contributed by atoms with van der Waals surface area (Å²) in [5.41, 5.74) is 6.17. The highest BCUT2D eigenvalue weighted by Crippen LogP contribution is 2.18. The molecule has 1 aromatic heterocycles. The Balaban J connectivity index is 1.87. The molecular formula is C30H49N9O7. The van der Waals surface area contributed by atoms with Crippen LogP contribution in [0.25, 0.3) is 0 Å². The summed E-state index contributed by atoms with van der Waals surface area (Å²) in [6, 6.07) is -4.01. The summed E-state index contributed by atoms with van der Waals surface area (Å²) in [6.07, 6.45) is 4.44. The third kappa shape index (κ3) is 11.1. The number of aryl methyl sites for hydroxylation is 1. The Morgan fingerprint density at radius 1 is 1.04 bits per heavy atom. The highest BCUT2D eigenvalue weighted by atomic mass is 16.5. The van der Waals surface area contributed by atoms with E-state index in [1.54, 1.807) is 4.68 Å². The van der Waals surface area contributed by atoms with Gasteiger partial charge in [0.25, 0.3) is 0 Å². The lowest BCUT2D eigenvalue weighted by molar-refractivity contribution is -0.140. The van der Waals surface area contributed by atoms with Crippen LogP contribution in [0.1, 0.15) is 78.3 Å². The van der Waals surface area contributed by atoms with Crippen LogP contribution in [-0.2, 0) is 46.7 Å². The molecule has 1 saturated heterocycles. The van der Waals surface area contributed by atoms with Crippen LogP contribution in [0.2, 0.25) is 0 Å². The molecule has 1 aromatic rings. The molecule has 0 saturated carbocycles. The molecule has 0 spiro atoms. The molecule has 1 fully saturated rings. The number of nitrogens with one attached hydrogen (secondary N) is 4. The van der Waals surface area contributed by atoms with Gasteiger partial charge in [0.2, 0.25) is 35.4 Å². The van der Waals surface area contributed by atoms with Gasteiger partial charge in [-0.3, -0.25) is 28.8 Å². The maximum Gasteiger partial charge on any atom is 0.245 e. The molecular weight excluding hydrogens is 598 g/mol. The molecule has 0 radical (unpaired) electrons. The first-order chi connectivity index (χ1) is 21.8. The van der Waals surface area contributed by atoms with E-state index >= 15 is 0 Å². The Bertz CT molecular complexity index is 1230. The van der Waals surface area contributed by atoms with E-state index in [2.05, 4.69) is 31.6 Å². The van der Waals surface area contributed by atoms with E-state index in [0.717, 1.165) is 0 Å². The second kappa shape index (κ2) is 17.6. The summed E-state index contributed by atoms with van der Waals surface area (Å²) in [7, 11) is 0. The van der Waals surface area contributed by atoms with Gasteiger partial charge >= 0.3 is 0 Å². The van der Waals surface area contributed by atoms with Gasteiger partial charge in [-0.25, -0.2) is 4.68 Å². The molecule has 6 amide bonds. The maximum absolute atomic E-state index is 13.7. The van der Waals surface area contributed by atoms with Crippen LogP contribution in [0, 0.1) is 11.8 Å². The van der Waals surface area contributed by atoms with Crippen LogP contribution in [0.4, 0.5) is 0 Å². The van der Waals surface area contributed by atoms with Gasteiger partial charge in [-0.15, -0.1) is 5.10 Å². The van der Waals surface area contributed by atoms with Crippen LogP contribution >= 0.6 is 0 Å². The van der Waals surface area contributed by atoms with E-state index in [-0.39, 0.29) is 56.3 Å². The van der Waals surface area contributed by atoms with Gasteiger partial charge in [0.05, 0.1) is 31.6 Å². The number of ether oxygens (including phenoxy) is 1. The van der Waals surface area contributed by atoms with Crippen molar-refractivity contribution in [2.24, 2.45) is 17.6 Å². The molecule has 3 rings (SSSR count). The molecule has 0 bridgehead atoms. The predicted octanol–water partition coefficient (Wildman–Crippen LogP) is -0.882. The van der Waals surface area contributed by atoms with Crippen molar-refractivity contribution < 1.29 is 33.5 Å². The lowest BCUT2D eigenvalue weighted by Crippen LogP contribution is -2.59. The van der Waals surface area contributed by atoms with E-state index in [4.69, 9.17) is 10.5 Å². The van der Waals surface area contributed by atoms with Gasteiger partial charge in [-0.1, -0.05) is 32.9 Å². The average molecular weight is 648 g/mol. The second-order valence-corrected chi connectivity index (χ2v) is 12.8. The number of nitrogens with zero attached hydrogens (tertiary/aromatic N) is 4. The fraction of sp³-hybridized carbons (Fsp3) is 0.733. The fourth-order valence-electron chi connectivity index (χ4n) is 5.53. The maximum atomic E-state index is 13.7. The molecule has 6 N–H and O–H groups in total. The zero-order chi connectivity index (χ0) is 33.8. The fourth-order valence-corrected chi connectivity index (χ4v) is 5.53. The average Bonchev–Trinajstić information content (AvgIpc) is 3.66. The first kappa shape index (κ1) is 36.4. The number of rotatable bonds is 7. The molecule has 2 aliphatic rings. The number of hydrogen-bond donors (Lipinski definition) is 5. The number of carbonyl (C=O) groups excluding carboxylic acids is 6. The van der Waals surface area contributed by atoms with Crippen molar-refractivity contribution >= 4 is 35.4 Å². The number of nitrogens with two attached hydrogens (primary N) is 1. The van der Waals surface area contributed by atoms with Crippen molar-refractivity contribution in [2.45, 2.75) is 110 Å². The first-order valence-electron chi connectivity index (χ1n) is 16.1. The van der Waals surface area contributed by atoms with Crippen LogP contribution in [0.3, 0.4) is 0 Å². The monoisotopic (exact) mass is 647 g/mol. The number of fused-ring (bicyclic) bond motifs is 2. The molecule has 16 nitrogen and oxygen atoms in total. The topological polar surface area (TPSA) is 220 Å². The SMILES string of the molecule is CC(C)C[C@H](NC(=O)[C@@H]1COCc2cnnn2CCCCC(=O)NCC(=O)N2CCC[C@H]2C(=O)N[C@@H](CC(C)C)C(=O)N1)C(N)=O. The summed E-state index contributed by atoms with van der Waals surface area (Å²) in [6.45, 7) is 7.89. The van der Waals surface area contributed by atoms with E-state index in [9.17, 15) is 28.8 Å². The van der Waals surface area contributed by atoms with Gasteiger partial charge in [-0.2, -0.15) is 0 Å². The molecule has 46 heavy (non-hydrogen) atoms. The summed E-state index contributed by atoms with van der Waals surface area (Å²) in [4.78, 5) is 79.5.